The predicted octanol–water partition coefficient (Wildman–Crippen LogP) is 3.84. The van der Waals surface area contributed by atoms with E-state index in [1.807, 2.05) is 0 Å². The number of hydrogen-bond acceptors (Lipinski definition) is 10. The summed E-state index contributed by atoms with van der Waals surface area (Å²) in [6, 6.07) is 5.12. The van der Waals surface area contributed by atoms with E-state index in [1.165, 1.54) is 34.5 Å². The molecule has 0 saturated carbocycles. The smallest absolute Gasteiger partial charge is 0.193 e. The maximum atomic E-state index is 13.2. The van der Waals surface area contributed by atoms with Crippen LogP contribution >= 0.6 is 0 Å². The Morgan fingerprint density at radius 3 is 1.91 bits per heavy atom. The molecule has 2 rings (SSSR count). The molecule has 2 aromatic rings. The van der Waals surface area contributed by atoms with Crippen molar-refractivity contribution in [2.24, 2.45) is 0 Å². The second-order valence-corrected chi connectivity index (χ2v) is 7.24. The largest absolute Gasteiger partial charge is 0.507 e. The fraction of sp³-hybridized carbons (Fsp3) is 0.400. The van der Waals surface area contributed by atoms with Crippen molar-refractivity contribution in [1.82, 2.24) is 0 Å². The number of carbonyl (C=O) groups excluding carboxylic acids is 1. The van der Waals surface area contributed by atoms with Crippen molar-refractivity contribution in [1.29, 1.82) is 0 Å². The van der Waals surface area contributed by atoms with Gasteiger partial charge in [0.05, 0.1) is 0 Å². The third kappa shape index (κ3) is 7.33. The molecule has 192 valence electrons. The lowest BCUT2D eigenvalue weighted by Gasteiger charge is -2.20. The second-order valence-electron chi connectivity index (χ2n) is 7.24. The van der Waals surface area contributed by atoms with Crippen molar-refractivity contribution in [3.63, 3.8) is 0 Å². The number of phenolic OH excluding ortho intramolecular Hbond substituents is 1. The topological polar surface area (TPSA) is 111 Å². The third-order valence-electron chi connectivity index (χ3n) is 4.79. The molecule has 0 amide bonds. The molecule has 10 heteroatoms. The van der Waals surface area contributed by atoms with Gasteiger partial charge in [0.2, 0.25) is 0 Å². The first-order valence-electron chi connectivity index (χ1n) is 10.6. The van der Waals surface area contributed by atoms with Crippen molar-refractivity contribution >= 4 is 11.9 Å². The van der Waals surface area contributed by atoms with Crippen LogP contribution in [-0.2, 0) is 18.9 Å². The molecule has 0 fully saturated rings. The lowest BCUT2D eigenvalue weighted by Crippen LogP contribution is -2.10. The molecule has 0 radical (unpaired) electrons. The monoisotopic (exact) mass is 492 g/mol. The summed E-state index contributed by atoms with van der Waals surface area (Å²) in [6.45, 7) is 3.27. The Bertz CT molecular complexity index is 1020. The van der Waals surface area contributed by atoms with Crippen molar-refractivity contribution in [3.05, 3.63) is 46.5 Å². The highest BCUT2D eigenvalue weighted by Gasteiger charge is 2.25. The molecule has 0 aliphatic heterocycles. The Hall–Kier alpha value is -3.31. The van der Waals surface area contributed by atoms with Crippen LogP contribution in [0.5, 0.6) is 28.7 Å². The summed E-state index contributed by atoms with van der Waals surface area (Å²) in [5.74, 6) is 0.660. The molecule has 0 aromatic heterocycles. The number of methoxy groups -OCH3 is 4. The first kappa shape index (κ1) is 27.9. The fourth-order valence-corrected chi connectivity index (χ4v) is 3.20. The Balaban J connectivity index is 2.43. The summed E-state index contributed by atoms with van der Waals surface area (Å²) in [4.78, 5) is 13.2. The SMILES string of the molecule is COCOc1ccc(/C=C/C(=O)c2c(O)c(C)c(OCOC)c(C)c2OCOC)cc1OCOC. The summed E-state index contributed by atoms with van der Waals surface area (Å²) in [7, 11) is 5.95. The van der Waals surface area contributed by atoms with Crippen LogP contribution in [0.3, 0.4) is 0 Å². The van der Waals surface area contributed by atoms with Crippen LogP contribution in [0.2, 0.25) is 0 Å². The molecular formula is C25H32O10. The van der Waals surface area contributed by atoms with Gasteiger partial charge in [0.15, 0.2) is 44.5 Å². The average molecular weight is 493 g/mol. The number of benzene rings is 2. The third-order valence-corrected chi connectivity index (χ3v) is 4.79. The minimum absolute atomic E-state index is 0.00558. The van der Waals surface area contributed by atoms with E-state index in [9.17, 15) is 9.90 Å². The van der Waals surface area contributed by atoms with Crippen LogP contribution in [-0.4, -0.2) is 66.5 Å². The van der Waals surface area contributed by atoms with E-state index in [2.05, 4.69) is 0 Å². The number of carbonyl (C=O) groups is 1. The van der Waals surface area contributed by atoms with E-state index in [1.54, 1.807) is 38.1 Å². The van der Waals surface area contributed by atoms with Crippen LogP contribution in [0.25, 0.3) is 6.08 Å². The fourth-order valence-electron chi connectivity index (χ4n) is 3.20. The van der Waals surface area contributed by atoms with Gasteiger partial charge in [-0.3, -0.25) is 4.79 Å². The van der Waals surface area contributed by atoms with Crippen LogP contribution in [0, 0.1) is 13.8 Å². The molecule has 35 heavy (non-hydrogen) atoms. The van der Waals surface area contributed by atoms with Gasteiger partial charge in [-0.25, -0.2) is 0 Å². The number of ketones is 1. The van der Waals surface area contributed by atoms with Gasteiger partial charge in [-0.1, -0.05) is 12.1 Å². The van der Waals surface area contributed by atoms with E-state index in [0.29, 0.717) is 33.9 Å². The zero-order chi connectivity index (χ0) is 25.8. The predicted molar refractivity (Wildman–Crippen MR) is 127 cm³/mol. The Morgan fingerprint density at radius 2 is 1.31 bits per heavy atom. The summed E-state index contributed by atoms with van der Waals surface area (Å²) in [5.41, 5.74) is 1.56. The van der Waals surface area contributed by atoms with Crippen molar-refractivity contribution in [3.8, 4) is 28.7 Å². The van der Waals surface area contributed by atoms with Crippen molar-refractivity contribution < 1.29 is 47.8 Å². The average Bonchev–Trinajstić information content (AvgIpc) is 2.86. The highest BCUT2D eigenvalue weighted by Crippen LogP contribution is 2.43. The van der Waals surface area contributed by atoms with Crippen LogP contribution < -0.4 is 18.9 Å². The van der Waals surface area contributed by atoms with Gasteiger partial charge >= 0.3 is 0 Å². The van der Waals surface area contributed by atoms with Crippen molar-refractivity contribution in [2.75, 3.05) is 55.6 Å². The first-order valence-corrected chi connectivity index (χ1v) is 10.6. The zero-order valence-electron chi connectivity index (χ0n) is 20.8. The number of ether oxygens (including phenoxy) is 8. The van der Waals surface area contributed by atoms with Gasteiger partial charge in [0.25, 0.3) is 0 Å². The van der Waals surface area contributed by atoms with Gasteiger partial charge in [0, 0.05) is 39.6 Å². The van der Waals surface area contributed by atoms with Crippen molar-refractivity contribution in [2.45, 2.75) is 13.8 Å². The molecular weight excluding hydrogens is 460 g/mol. The highest BCUT2D eigenvalue weighted by molar-refractivity contribution is 6.11. The van der Waals surface area contributed by atoms with E-state index >= 15 is 0 Å². The van der Waals surface area contributed by atoms with E-state index in [0.717, 1.165) is 0 Å². The normalized spacial score (nSPS) is 11.0. The number of rotatable bonds is 15. The Kier molecular flexibility index (Phi) is 11.3. The molecule has 0 spiro atoms. The molecule has 0 heterocycles. The molecule has 0 aliphatic carbocycles. The minimum Gasteiger partial charge on any atom is -0.507 e. The number of aromatic hydroxyl groups is 1. The van der Waals surface area contributed by atoms with Crippen LogP contribution in [0.15, 0.2) is 24.3 Å². The summed E-state index contributed by atoms with van der Waals surface area (Å²) in [6.07, 6.45) is 2.91. The second kappa shape index (κ2) is 14.2. The Labute approximate surface area is 204 Å². The van der Waals surface area contributed by atoms with E-state index in [-0.39, 0.29) is 44.2 Å². The summed E-state index contributed by atoms with van der Waals surface area (Å²) < 4.78 is 42.1. The molecule has 2 aromatic carbocycles. The molecule has 0 bridgehead atoms. The molecule has 1 N–H and O–H groups in total. The maximum absolute atomic E-state index is 13.2. The highest BCUT2D eigenvalue weighted by atomic mass is 16.7. The molecule has 0 unspecified atom stereocenters. The van der Waals surface area contributed by atoms with Gasteiger partial charge < -0.3 is 43.0 Å². The zero-order valence-corrected chi connectivity index (χ0v) is 20.8. The Morgan fingerprint density at radius 1 is 0.771 bits per heavy atom. The summed E-state index contributed by atoms with van der Waals surface area (Å²) in [5, 5.41) is 10.9. The van der Waals surface area contributed by atoms with Gasteiger partial charge in [-0.2, -0.15) is 0 Å². The number of allylic oxidation sites excluding steroid dienone is 1. The number of hydrogen-bond donors (Lipinski definition) is 1. The van der Waals surface area contributed by atoms with E-state index in [4.69, 9.17) is 37.9 Å². The molecule has 0 aliphatic rings. The lowest BCUT2D eigenvalue weighted by atomic mass is 9.98. The molecule has 0 saturated heterocycles. The van der Waals surface area contributed by atoms with Crippen LogP contribution in [0.4, 0.5) is 0 Å². The lowest BCUT2D eigenvalue weighted by molar-refractivity contribution is 0.0322. The van der Waals surface area contributed by atoms with Gasteiger partial charge in [0.1, 0.15) is 22.8 Å². The molecule has 10 nitrogen and oxygen atoms in total. The minimum atomic E-state index is -0.475. The quantitative estimate of drug-likeness (QED) is 0.224. The van der Waals surface area contributed by atoms with Crippen LogP contribution in [0.1, 0.15) is 27.0 Å². The molecule has 0 atom stereocenters. The maximum Gasteiger partial charge on any atom is 0.193 e. The van der Waals surface area contributed by atoms with E-state index < -0.39 is 5.78 Å². The number of phenols is 1. The summed E-state index contributed by atoms with van der Waals surface area (Å²) >= 11 is 0. The van der Waals surface area contributed by atoms with Gasteiger partial charge in [-0.15, -0.1) is 0 Å². The standard InChI is InChI=1S/C25H32O10/c1-16-23(27)22(25(35-15-31-6)17(2)24(16)34-14-30-5)19(26)9-7-18-8-10-20(32-12-28-3)21(11-18)33-13-29-4/h7-11,27H,12-15H2,1-6H3/b9-7+. The van der Waals surface area contributed by atoms with Gasteiger partial charge in [-0.05, 0) is 37.6 Å². The first-order chi connectivity index (χ1) is 16.9.